The summed E-state index contributed by atoms with van der Waals surface area (Å²) in [5, 5.41) is 3.56. The summed E-state index contributed by atoms with van der Waals surface area (Å²) < 4.78 is 5.20. The van der Waals surface area contributed by atoms with E-state index < -0.39 is 0 Å². The maximum absolute atomic E-state index is 5.20. The van der Waals surface area contributed by atoms with Crippen LogP contribution in [0.15, 0.2) is 42.5 Å². The number of hydrogen-bond donors (Lipinski definition) is 1. The maximum atomic E-state index is 5.20. The number of methoxy groups -OCH3 is 1. The van der Waals surface area contributed by atoms with Gasteiger partial charge in [0, 0.05) is 6.54 Å². The van der Waals surface area contributed by atoms with Gasteiger partial charge < -0.3 is 10.1 Å². The summed E-state index contributed by atoms with van der Waals surface area (Å²) in [7, 11) is 1.70. The lowest BCUT2D eigenvalue weighted by atomic mass is 9.97. The first kappa shape index (κ1) is 11.3. The zero-order valence-electron chi connectivity index (χ0n) is 10.7. The van der Waals surface area contributed by atoms with E-state index in [1.54, 1.807) is 7.11 Å². The van der Waals surface area contributed by atoms with Gasteiger partial charge in [0.25, 0.3) is 0 Å². The van der Waals surface area contributed by atoms with Crippen molar-refractivity contribution in [2.75, 3.05) is 7.11 Å². The fourth-order valence-electron chi connectivity index (χ4n) is 2.56. The molecule has 1 N–H and O–H groups in total. The van der Waals surface area contributed by atoms with Gasteiger partial charge in [-0.15, -0.1) is 0 Å². The standard InChI is InChI=1S/C16H17NO/c1-11-3-4-13-10-17-16(15(13)9-11)12-5-7-14(18-2)8-6-12/h3-9,16-17H,10H2,1-2H3. The molecule has 1 aliphatic heterocycles. The van der Waals surface area contributed by atoms with Crippen LogP contribution < -0.4 is 10.1 Å². The highest BCUT2D eigenvalue weighted by molar-refractivity contribution is 5.44. The van der Waals surface area contributed by atoms with Crippen LogP contribution in [-0.2, 0) is 6.54 Å². The van der Waals surface area contributed by atoms with Gasteiger partial charge in [-0.3, -0.25) is 0 Å². The van der Waals surface area contributed by atoms with Gasteiger partial charge in [-0.25, -0.2) is 0 Å². The third-order valence-electron chi connectivity index (χ3n) is 3.56. The first-order chi connectivity index (χ1) is 8.78. The van der Waals surface area contributed by atoms with Gasteiger partial charge >= 0.3 is 0 Å². The second-order valence-electron chi connectivity index (χ2n) is 4.79. The van der Waals surface area contributed by atoms with Crippen molar-refractivity contribution in [3.05, 3.63) is 64.7 Å². The molecule has 0 amide bonds. The van der Waals surface area contributed by atoms with Crippen molar-refractivity contribution in [3.63, 3.8) is 0 Å². The topological polar surface area (TPSA) is 21.3 Å². The zero-order chi connectivity index (χ0) is 12.5. The molecule has 2 nitrogen and oxygen atoms in total. The lowest BCUT2D eigenvalue weighted by Gasteiger charge is -2.13. The van der Waals surface area contributed by atoms with Gasteiger partial charge in [0.05, 0.1) is 13.2 Å². The molecule has 0 aromatic heterocycles. The summed E-state index contributed by atoms with van der Waals surface area (Å²) in [6.07, 6.45) is 0. The van der Waals surface area contributed by atoms with Crippen molar-refractivity contribution in [1.82, 2.24) is 5.32 Å². The molecule has 0 aliphatic carbocycles. The Morgan fingerprint density at radius 2 is 1.89 bits per heavy atom. The van der Waals surface area contributed by atoms with Gasteiger partial charge in [0.15, 0.2) is 0 Å². The van der Waals surface area contributed by atoms with Gasteiger partial charge in [0.2, 0.25) is 0 Å². The number of fused-ring (bicyclic) bond motifs is 1. The Kier molecular flexibility index (Phi) is 2.80. The van der Waals surface area contributed by atoms with E-state index in [9.17, 15) is 0 Å². The van der Waals surface area contributed by atoms with E-state index >= 15 is 0 Å². The van der Waals surface area contributed by atoms with Gasteiger partial charge in [0.1, 0.15) is 5.75 Å². The highest BCUT2D eigenvalue weighted by Gasteiger charge is 2.22. The summed E-state index contributed by atoms with van der Waals surface area (Å²) in [6.45, 7) is 3.09. The monoisotopic (exact) mass is 239 g/mol. The Labute approximate surface area is 108 Å². The molecule has 2 aromatic carbocycles. The van der Waals surface area contributed by atoms with E-state index in [0.29, 0.717) is 6.04 Å². The normalized spacial score (nSPS) is 17.6. The van der Waals surface area contributed by atoms with E-state index in [-0.39, 0.29) is 0 Å². The Balaban J connectivity index is 1.97. The molecule has 1 atom stereocenters. The molecule has 2 heteroatoms. The van der Waals surface area contributed by atoms with E-state index in [0.717, 1.165) is 12.3 Å². The Bertz CT molecular complexity index is 560. The molecule has 0 fully saturated rings. The lowest BCUT2D eigenvalue weighted by Crippen LogP contribution is -2.13. The van der Waals surface area contributed by atoms with Crippen molar-refractivity contribution in [3.8, 4) is 5.75 Å². The summed E-state index contributed by atoms with van der Waals surface area (Å²) in [4.78, 5) is 0. The third kappa shape index (κ3) is 1.89. The Morgan fingerprint density at radius 1 is 1.11 bits per heavy atom. The fourth-order valence-corrected chi connectivity index (χ4v) is 2.56. The van der Waals surface area contributed by atoms with Crippen molar-refractivity contribution in [2.24, 2.45) is 0 Å². The SMILES string of the molecule is COc1ccc(C2NCc3ccc(C)cc32)cc1. The largest absolute Gasteiger partial charge is 0.497 e. The zero-order valence-corrected chi connectivity index (χ0v) is 10.7. The number of rotatable bonds is 2. The average molecular weight is 239 g/mol. The fraction of sp³-hybridized carbons (Fsp3) is 0.250. The highest BCUT2D eigenvalue weighted by atomic mass is 16.5. The van der Waals surface area contributed by atoms with E-state index in [1.165, 1.54) is 22.3 Å². The van der Waals surface area contributed by atoms with Crippen LogP contribution in [0.2, 0.25) is 0 Å². The number of nitrogens with one attached hydrogen (secondary N) is 1. The van der Waals surface area contributed by atoms with Crippen LogP contribution in [0.25, 0.3) is 0 Å². The second-order valence-corrected chi connectivity index (χ2v) is 4.79. The summed E-state index contributed by atoms with van der Waals surface area (Å²) in [6, 6.07) is 15.3. The summed E-state index contributed by atoms with van der Waals surface area (Å²) in [5.41, 5.74) is 5.41. The Morgan fingerprint density at radius 3 is 2.61 bits per heavy atom. The predicted octanol–water partition coefficient (Wildman–Crippen LogP) is 3.20. The molecule has 0 spiro atoms. The molecule has 0 saturated heterocycles. The molecular formula is C16H17NO. The minimum absolute atomic E-state index is 0.311. The van der Waals surface area contributed by atoms with Crippen molar-refractivity contribution in [1.29, 1.82) is 0 Å². The molecule has 1 unspecified atom stereocenters. The third-order valence-corrected chi connectivity index (χ3v) is 3.56. The van der Waals surface area contributed by atoms with E-state index in [4.69, 9.17) is 4.74 Å². The minimum Gasteiger partial charge on any atom is -0.497 e. The van der Waals surface area contributed by atoms with Crippen LogP contribution in [0.5, 0.6) is 5.75 Å². The number of hydrogen-bond acceptors (Lipinski definition) is 2. The predicted molar refractivity (Wildman–Crippen MR) is 72.9 cm³/mol. The molecule has 0 bridgehead atoms. The number of ether oxygens (including phenoxy) is 1. The summed E-state index contributed by atoms with van der Waals surface area (Å²) in [5.74, 6) is 0.904. The van der Waals surface area contributed by atoms with Crippen LogP contribution in [0.3, 0.4) is 0 Å². The van der Waals surface area contributed by atoms with Gasteiger partial charge in [-0.05, 0) is 35.7 Å². The van der Waals surface area contributed by atoms with Gasteiger partial charge in [-0.1, -0.05) is 35.9 Å². The molecule has 92 valence electrons. The highest BCUT2D eigenvalue weighted by Crippen LogP contribution is 2.32. The van der Waals surface area contributed by atoms with Crippen molar-refractivity contribution in [2.45, 2.75) is 19.5 Å². The summed E-state index contributed by atoms with van der Waals surface area (Å²) >= 11 is 0. The molecule has 3 rings (SSSR count). The van der Waals surface area contributed by atoms with Crippen LogP contribution in [0, 0.1) is 6.92 Å². The van der Waals surface area contributed by atoms with E-state index in [2.05, 4.69) is 42.6 Å². The molecule has 18 heavy (non-hydrogen) atoms. The molecule has 1 aliphatic rings. The van der Waals surface area contributed by atoms with Crippen LogP contribution in [-0.4, -0.2) is 7.11 Å². The van der Waals surface area contributed by atoms with Crippen LogP contribution in [0.4, 0.5) is 0 Å². The number of benzene rings is 2. The van der Waals surface area contributed by atoms with Crippen molar-refractivity contribution >= 4 is 0 Å². The average Bonchev–Trinajstić information content (AvgIpc) is 2.82. The minimum atomic E-state index is 0.311. The number of aryl methyl sites for hydroxylation is 1. The molecule has 0 radical (unpaired) electrons. The lowest BCUT2D eigenvalue weighted by molar-refractivity contribution is 0.414. The van der Waals surface area contributed by atoms with Crippen molar-refractivity contribution < 1.29 is 4.74 Å². The molecule has 1 heterocycles. The van der Waals surface area contributed by atoms with E-state index in [1.807, 2.05) is 12.1 Å². The second kappa shape index (κ2) is 4.46. The molecular weight excluding hydrogens is 222 g/mol. The van der Waals surface area contributed by atoms with Gasteiger partial charge in [-0.2, -0.15) is 0 Å². The smallest absolute Gasteiger partial charge is 0.118 e. The maximum Gasteiger partial charge on any atom is 0.118 e. The Hall–Kier alpha value is -1.80. The molecule has 2 aromatic rings. The quantitative estimate of drug-likeness (QED) is 0.869. The molecule has 0 saturated carbocycles. The van der Waals surface area contributed by atoms with Crippen LogP contribution in [0.1, 0.15) is 28.3 Å². The first-order valence-electron chi connectivity index (χ1n) is 6.24. The first-order valence-corrected chi connectivity index (χ1v) is 6.24. The van der Waals surface area contributed by atoms with Crippen LogP contribution >= 0.6 is 0 Å².